The van der Waals surface area contributed by atoms with Gasteiger partial charge in [-0.1, -0.05) is 0 Å². The summed E-state index contributed by atoms with van der Waals surface area (Å²) in [6.45, 7) is 3.88. The van der Waals surface area contributed by atoms with Crippen LogP contribution in [-0.4, -0.2) is 32.8 Å². The Morgan fingerprint density at radius 3 is 2.88 bits per heavy atom. The fourth-order valence-corrected chi connectivity index (χ4v) is 5.16. The molecule has 0 radical (unpaired) electrons. The summed E-state index contributed by atoms with van der Waals surface area (Å²) in [6, 6.07) is 1.83. The highest BCUT2D eigenvalue weighted by Crippen LogP contribution is 2.42. The molecule has 0 unspecified atom stereocenters. The van der Waals surface area contributed by atoms with Crippen LogP contribution in [0.15, 0.2) is 17.1 Å². The zero-order valence-electron chi connectivity index (χ0n) is 14.5. The van der Waals surface area contributed by atoms with Crippen LogP contribution in [0.4, 0.5) is 0 Å². The van der Waals surface area contributed by atoms with Crippen LogP contribution >= 0.6 is 11.3 Å². The summed E-state index contributed by atoms with van der Waals surface area (Å²) in [5, 5.41) is 5.98. The number of aryl methyl sites for hydroxylation is 2. The van der Waals surface area contributed by atoms with E-state index in [1.54, 1.807) is 4.68 Å². The third kappa shape index (κ3) is 3.29. The van der Waals surface area contributed by atoms with E-state index in [0.717, 1.165) is 50.6 Å². The first-order chi connectivity index (χ1) is 12.2. The van der Waals surface area contributed by atoms with Crippen molar-refractivity contribution in [3.8, 4) is 0 Å². The molecule has 2 aromatic heterocycles. The lowest BCUT2D eigenvalue weighted by molar-refractivity contribution is 0.0774. The molecule has 2 aliphatic carbocycles. The van der Waals surface area contributed by atoms with Crippen LogP contribution < -0.4 is 5.56 Å². The van der Waals surface area contributed by atoms with Crippen LogP contribution in [0.2, 0.25) is 0 Å². The maximum absolute atomic E-state index is 12.3. The minimum absolute atomic E-state index is 0.0793. The Labute approximate surface area is 151 Å². The molecule has 0 bridgehead atoms. The summed E-state index contributed by atoms with van der Waals surface area (Å²) in [7, 11) is 0. The zero-order chi connectivity index (χ0) is 16.8. The average molecular weight is 356 g/mol. The molecule has 3 aliphatic rings. The van der Waals surface area contributed by atoms with Crippen molar-refractivity contribution in [1.29, 1.82) is 0 Å². The van der Waals surface area contributed by atoms with Crippen molar-refractivity contribution < 1.29 is 0 Å². The molecule has 132 valence electrons. The molecule has 5 rings (SSSR count). The van der Waals surface area contributed by atoms with E-state index in [0.29, 0.717) is 5.92 Å². The molecule has 1 saturated carbocycles. The normalized spacial score (nSPS) is 21.1. The number of thiazole rings is 1. The molecule has 3 heterocycles. The van der Waals surface area contributed by atoms with Gasteiger partial charge in [-0.05, 0) is 44.1 Å². The molecule has 1 aliphatic heterocycles. The zero-order valence-corrected chi connectivity index (χ0v) is 15.3. The topological polar surface area (TPSA) is 51.0 Å². The monoisotopic (exact) mass is 356 g/mol. The van der Waals surface area contributed by atoms with Gasteiger partial charge >= 0.3 is 0 Å². The second-order valence-corrected chi connectivity index (χ2v) is 8.99. The van der Waals surface area contributed by atoms with Gasteiger partial charge in [0.25, 0.3) is 5.56 Å². The average Bonchev–Trinajstić information content (AvgIpc) is 3.33. The van der Waals surface area contributed by atoms with Crippen molar-refractivity contribution in [2.45, 2.75) is 57.5 Å². The molecule has 0 atom stereocenters. The van der Waals surface area contributed by atoms with Gasteiger partial charge in [-0.25, -0.2) is 9.67 Å². The maximum atomic E-state index is 12.3. The van der Waals surface area contributed by atoms with Gasteiger partial charge in [0.1, 0.15) is 0 Å². The molecular weight excluding hydrogens is 332 g/mol. The minimum atomic E-state index is 0.0793. The van der Waals surface area contributed by atoms with Crippen molar-refractivity contribution in [3.63, 3.8) is 0 Å². The summed E-state index contributed by atoms with van der Waals surface area (Å²) in [4.78, 5) is 20.7. The number of rotatable bonds is 5. The van der Waals surface area contributed by atoms with E-state index >= 15 is 0 Å². The molecule has 1 saturated heterocycles. The lowest BCUT2D eigenvalue weighted by Gasteiger charge is -2.39. The number of likely N-dealkylation sites (tertiary alicyclic amines) is 1. The first-order valence-electron chi connectivity index (χ1n) is 9.51. The molecular formula is C19H24N4OS. The van der Waals surface area contributed by atoms with Crippen molar-refractivity contribution >= 4 is 11.3 Å². The van der Waals surface area contributed by atoms with E-state index in [-0.39, 0.29) is 5.56 Å². The van der Waals surface area contributed by atoms with E-state index in [1.165, 1.54) is 41.1 Å². The molecule has 6 heteroatoms. The van der Waals surface area contributed by atoms with Gasteiger partial charge in [-0.3, -0.25) is 9.69 Å². The van der Waals surface area contributed by atoms with Gasteiger partial charge < -0.3 is 0 Å². The van der Waals surface area contributed by atoms with E-state index in [4.69, 9.17) is 0 Å². The van der Waals surface area contributed by atoms with Crippen molar-refractivity contribution in [3.05, 3.63) is 43.8 Å². The summed E-state index contributed by atoms with van der Waals surface area (Å²) in [5.74, 6) is 1.30. The predicted octanol–water partition coefficient (Wildman–Crippen LogP) is 2.59. The van der Waals surface area contributed by atoms with Crippen molar-refractivity contribution in [2.24, 2.45) is 5.92 Å². The second kappa shape index (κ2) is 6.32. The van der Waals surface area contributed by atoms with E-state index in [2.05, 4.69) is 21.2 Å². The number of hydrogen-bond acceptors (Lipinski definition) is 5. The SMILES string of the molecule is O=c1cc2c(nn1CC1CN(Cc3cnc(C4CC4)s3)C1)CCCC2. The standard InChI is InChI=1S/C19H24N4OS/c24-18-7-15-3-1-2-4-17(15)21-23(18)11-13-9-22(10-13)12-16-8-20-19(25-16)14-5-6-14/h7-8,13-14H,1-6,9-12H2. The highest BCUT2D eigenvalue weighted by molar-refractivity contribution is 7.11. The summed E-state index contributed by atoms with van der Waals surface area (Å²) < 4.78 is 1.71. The molecule has 2 aromatic rings. The van der Waals surface area contributed by atoms with E-state index < -0.39 is 0 Å². The summed E-state index contributed by atoms with van der Waals surface area (Å²) in [6.07, 6.45) is 9.14. The van der Waals surface area contributed by atoms with Gasteiger partial charge in [0.15, 0.2) is 0 Å². The second-order valence-electron chi connectivity index (χ2n) is 7.84. The van der Waals surface area contributed by atoms with Gasteiger partial charge in [0.2, 0.25) is 0 Å². The molecule has 5 nitrogen and oxygen atoms in total. The van der Waals surface area contributed by atoms with Gasteiger partial charge in [0, 0.05) is 48.6 Å². The lowest BCUT2D eigenvalue weighted by Crippen LogP contribution is -2.48. The molecule has 0 amide bonds. The van der Waals surface area contributed by atoms with Gasteiger partial charge in [0.05, 0.1) is 17.2 Å². The van der Waals surface area contributed by atoms with Gasteiger partial charge in [-0.2, -0.15) is 5.10 Å². The van der Waals surface area contributed by atoms with Crippen LogP contribution in [0.1, 0.15) is 52.7 Å². The van der Waals surface area contributed by atoms with E-state index in [9.17, 15) is 4.79 Å². The molecule has 0 N–H and O–H groups in total. The smallest absolute Gasteiger partial charge is 0.267 e. The lowest BCUT2D eigenvalue weighted by atomic mass is 9.96. The third-order valence-corrected chi connectivity index (χ3v) is 6.76. The van der Waals surface area contributed by atoms with Crippen LogP contribution in [0, 0.1) is 5.92 Å². The minimum Gasteiger partial charge on any atom is -0.297 e. The van der Waals surface area contributed by atoms with Crippen LogP contribution in [-0.2, 0) is 25.9 Å². The summed E-state index contributed by atoms with van der Waals surface area (Å²) >= 11 is 1.88. The molecule has 2 fully saturated rings. The highest BCUT2D eigenvalue weighted by Gasteiger charge is 2.30. The number of nitrogens with zero attached hydrogens (tertiary/aromatic N) is 4. The molecule has 0 spiro atoms. The number of fused-ring (bicyclic) bond motifs is 1. The van der Waals surface area contributed by atoms with Crippen LogP contribution in [0.25, 0.3) is 0 Å². The largest absolute Gasteiger partial charge is 0.297 e. The van der Waals surface area contributed by atoms with Crippen molar-refractivity contribution in [2.75, 3.05) is 13.1 Å². The first kappa shape index (κ1) is 15.7. The maximum Gasteiger partial charge on any atom is 0.267 e. The first-order valence-corrected chi connectivity index (χ1v) is 10.3. The van der Waals surface area contributed by atoms with E-state index in [1.807, 2.05) is 17.4 Å². The Morgan fingerprint density at radius 2 is 2.04 bits per heavy atom. The van der Waals surface area contributed by atoms with Crippen LogP contribution in [0.3, 0.4) is 0 Å². The van der Waals surface area contributed by atoms with Crippen molar-refractivity contribution in [1.82, 2.24) is 19.7 Å². The number of hydrogen-bond donors (Lipinski definition) is 0. The molecule has 0 aromatic carbocycles. The number of aromatic nitrogens is 3. The highest BCUT2D eigenvalue weighted by atomic mass is 32.1. The Kier molecular flexibility index (Phi) is 3.97. The predicted molar refractivity (Wildman–Crippen MR) is 98.0 cm³/mol. The summed E-state index contributed by atoms with van der Waals surface area (Å²) in [5.41, 5.74) is 2.41. The Balaban J connectivity index is 1.17. The molecule has 25 heavy (non-hydrogen) atoms. The quantitative estimate of drug-likeness (QED) is 0.826. The van der Waals surface area contributed by atoms with Crippen LogP contribution in [0.5, 0.6) is 0 Å². The van der Waals surface area contributed by atoms with Gasteiger partial charge in [-0.15, -0.1) is 11.3 Å². The Hall–Kier alpha value is -1.53. The third-order valence-electron chi connectivity index (χ3n) is 5.62. The fraction of sp³-hybridized carbons (Fsp3) is 0.632. The fourth-order valence-electron chi connectivity index (χ4n) is 4.03. The Morgan fingerprint density at radius 1 is 1.20 bits per heavy atom. The Bertz CT molecular complexity index is 832.